The van der Waals surface area contributed by atoms with Crippen LogP contribution in [0.2, 0.25) is 76.6 Å². The summed E-state index contributed by atoms with van der Waals surface area (Å²) in [5, 5.41) is 42.6. The number of hydrogen-bond acceptors (Lipinski definition) is 20. The van der Waals surface area contributed by atoms with Gasteiger partial charge in [0.15, 0.2) is 33.3 Å². The summed E-state index contributed by atoms with van der Waals surface area (Å²) in [6, 6.07) is 4.19. The average molecular weight is 1800 g/mol. The molecule has 0 rings (SSSR count). The topological polar surface area (TPSA) is 268 Å². The van der Waals surface area contributed by atoms with Crippen LogP contribution in [0.1, 0.15) is 240 Å². The SMILES string of the molecule is CCCCCCCCCCCC(=O)OC.CCCCCCCCCCCC(=O)OC.COC(C)=O.COC(C)=O.COC(C)=O.C[N+](C)(C)CCCCCC[N+](C)(C)CC(O)COCCC[Si](C)(C)O[Si](C)(C)CCCOCC(O)C[N+](C)(C)CCCCCC[N+](C)(C)CC(O)COCCC[Si](C)(C)O[Si](C)(C)CCCOCC(O)C[N+](C)(C)C. The Morgan fingerprint density at radius 1 is 0.275 bits per heavy atom. The molecule has 0 saturated heterocycles. The lowest BCUT2D eigenvalue weighted by Gasteiger charge is -2.34. The molecule has 29 heteroatoms. The average Bonchev–Trinajstić information content (AvgIpc) is 0.872. The van der Waals surface area contributed by atoms with Gasteiger partial charge < -0.3 is 93.7 Å². The van der Waals surface area contributed by atoms with Crippen molar-refractivity contribution in [1.82, 2.24) is 0 Å². The Morgan fingerprint density at radius 3 is 0.675 bits per heavy atom. The number of aliphatic hydroxyl groups is 4. The molecule has 0 amide bonds. The van der Waals surface area contributed by atoms with Crippen LogP contribution in [-0.4, -0.2) is 356 Å². The number of aliphatic hydroxyl groups excluding tert-OH is 4. The van der Waals surface area contributed by atoms with Crippen molar-refractivity contribution in [3.8, 4) is 0 Å². The van der Waals surface area contributed by atoms with E-state index in [0.717, 1.165) is 137 Å². The molecule has 0 aromatic carbocycles. The molecule has 0 aliphatic carbocycles. The lowest BCUT2D eigenvalue weighted by molar-refractivity contribution is -0.894. The molecule has 0 aliphatic heterocycles. The summed E-state index contributed by atoms with van der Waals surface area (Å²) in [6.45, 7) is 38.4. The minimum atomic E-state index is -1.86. The molecule has 0 saturated carbocycles. The van der Waals surface area contributed by atoms with Gasteiger partial charge in [0.05, 0.1) is 173 Å². The molecular weight excluding hydrogens is 1600 g/mol. The largest absolute Gasteiger partial charge is 0.469 e. The first-order valence-corrected chi connectivity index (χ1v) is 58.9. The Labute approximate surface area is 743 Å². The summed E-state index contributed by atoms with van der Waals surface area (Å²) in [5.74, 6) is -0.879. The van der Waals surface area contributed by atoms with E-state index in [1.165, 1.54) is 191 Å². The van der Waals surface area contributed by atoms with Gasteiger partial charge in [0.25, 0.3) is 0 Å². The number of carbonyl (C=O) groups is 5. The molecule has 25 nitrogen and oxygen atoms in total. The Hall–Kier alpha value is -2.38. The van der Waals surface area contributed by atoms with E-state index in [1.54, 1.807) is 0 Å². The van der Waals surface area contributed by atoms with Crippen LogP contribution in [-0.2, 0) is 74.8 Å². The number of carbonyl (C=O) groups excluding carboxylic acids is 5. The van der Waals surface area contributed by atoms with Gasteiger partial charge in [-0.25, -0.2) is 0 Å². The first-order valence-electron chi connectivity index (χ1n) is 46.4. The van der Waals surface area contributed by atoms with E-state index in [4.69, 9.17) is 27.2 Å². The van der Waals surface area contributed by atoms with Gasteiger partial charge in [-0.15, -0.1) is 0 Å². The van der Waals surface area contributed by atoms with Crippen molar-refractivity contribution < 1.29 is 118 Å². The molecule has 722 valence electrons. The fraction of sp³-hybridized carbons (Fsp3) is 0.945. The van der Waals surface area contributed by atoms with Gasteiger partial charge in [-0.1, -0.05) is 117 Å². The predicted octanol–water partition coefficient (Wildman–Crippen LogP) is 16.4. The molecule has 0 aliphatic rings. The minimum absolute atomic E-state index is 0.0713. The van der Waals surface area contributed by atoms with Crippen LogP contribution < -0.4 is 0 Å². The zero-order chi connectivity index (χ0) is 93.2. The highest BCUT2D eigenvalue weighted by Crippen LogP contribution is 2.26. The lowest BCUT2D eigenvalue weighted by atomic mass is 10.1. The standard InChI is InChI=1S/C56H132N5O10Si4.2C13H26O2.3C3H6O2/c1-57(2,3)33-25-21-22-26-34-59(7,8)46-54(63)50-67-38-31-43-74(17,18)71-75(19,20)44-32-40-69-52-56(65)48-61(11,12)36-28-24-23-27-35-60(9,10)47-55(64)51-68-39-30-42-73(15,16)70-72(13,14)41-29-37-66-49-53(62)45-58(4,5)6;2*1-3-4-5-6-7-8-9-10-11-12-13(14)15-2;3*1-3(4)5-2/h53-56,62-65H,21-52H2,1-20H3;2*3-12H2,1-2H3;3*1-2H3/q+5;;;;;. The zero-order valence-electron chi connectivity index (χ0n) is 84.1. The first kappa shape index (κ1) is 128. The highest BCUT2D eigenvalue weighted by Gasteiger charge is 2.34. The van der Waals surface area contributed by atoms with E-state index in [1.807, 2.05) is 0 Å². The van der Waals surface area contributed by atoms with Gasteiger partial charge >= 0.3 is 29.8 Å². The van der Waals surface area contributed by atoms with Crippen LogP contribution >= 0.6 is 0 Å². The third-order valence-electron chi connectivity index (χ3n) is 20.4. The summed E-state index contributed by atoms with van der Waals surface area (Å²) in [7, 11) is 25.9. The second-order valence-corrected chi connectivity index (χ2v) is 57.5. The van der Waals surface area contributed by atoms with Gasteiger partial charge in [0, 0.05) is 60.0 Å². The Kier molecular flexibility index (Phi) is 83.2. The van der Waals surface area contributed by atoms with Crippen molar-refractivity contribution >= 4 is 63.1 Å². The van der Waals surface area contributed by atoms with Crippen LogP contribution in [0.3, 0.4) is 0 Å². The number of likely N-dealkylation sites (N-methyl/N-ethyl adjacent to an activating group) is 4. The first-order chi connectivity index (χ1) is 55.7. The molecule has 0 bridgehead atoms. The highest BCUT2D eigenvalue weighted by molar-refractivity contribution is 6.85. The Balaban J connectivity index is -0.000000574. The number of unbranched alkanes of at least 4 members (excludes halogenated alkanes) is 22. The number of quaternary nitrogens is 5. The highest BCUT2D eigenvalue weighted by atomic mass is 28.4. The van der Waals surface area contributed by atoms with E-state index in [-0.39, 0.29) is 29.8 Å². The van der Waals surface area contributed by atoms with E-state index < -0.39 is 57.7 Å². The molecule has 4 N–H and O–H groups in total. The van der Waals surface area contributed by atoms with Crippen molar-refractivity contribution in [1.29, 1.82) is 0 Å². The molecule has 0 aromatic rings. The molecule has 0 spiro atoms. The smallest absolute Gasteiger partial charge is 0.305 e. The van der Waals surface area contributed by atoms with Gasteiger partial charge in [0.1, 0.15) is 50.6 Å². The maximum Gasteiger partial charge on any atom is 0.305 e. The van der Waals surface area contributed by atoms with Crippen LogP contribution in [0, 0.1) is 0 Å². The molecule has 4 atom stereocenters. The Bertz CT molecular complexity index is 2320. The summed E-state index contributed by atoms with van der Waals surface area (Å²) in [4.78, 5) is 50.4. The van der Waals surface area contributed by atoms with E-state index >= 15 is 0 Å². The lowest BCUT2D eigenvalue weighted by Crippen LogP contribution is -2.47. The normalized spacial score (nSPS) is 13.2. The zero-order valence-corrected chi connectivity index (χ0v) is 88.1. The maximum atomic E-state index is 10.9. The predicted molar refractivity (Wildman–Crippen MR) is 506 cm³/mol. The van der Waals surface area contributed by atoms with Crippen molar-refractivity contribution in [3.05, 3.63) is 0 Å². The van der Waals surface area contributed by atoms with Gasteiger partial charge in [-0.3, -0.25) is 24.0 Å². The third-order valence-corrected chi connectivity index (χ3v) is 35.5. The minimum Gasteiger partial charge on any atom is -0.469 e. The van der Waals surface area contributed by atoms with Gasteiger partial charge in [-0.05, 0) is 166 Å². The molecule has 0 aromatic heterocycles. The summed E-state index contributed by atoms with van der Waals surface area (Å²) in [6.07, 6.45) is 35.9. The second-order valence-electron chi connectivity index (χ2n) is 39.8. The fourth-order valence-electron chi connectivity index (χ4n) is 14.1. The quantitative estimate of drug-likeness (QED) is 0.0145. The van der Waals surface area contributed by atoms with E-state index in [2.05, 4.69) is 174 Å². The fourth-order valence-corrected chi connectivity index (χ4v) is 31.7. The summed E-state index contributed by atoms with van der Waals surface area (Å²) in [5.41, 5.74) is 0. The van der Waals surface area contributed by atoms with Crippen LogP contribution in [0.5, 0.6) is 0 Å². The molecule has 120 heavy (non-hydrogen) atoms. The summed E-state index contributed by atoms with van der Waals surface area (Å²) >= 11 is 0. The van der Waals surface area contributed by atoms with Crippen LogP contribution in [0.4, 0.5) is 0 Å². The summed E-state index contributed by atoms with van der Waals surface area (Å²) < 4.78 is 63.0. The number of rotatable bonds is 70. The van der Waals surface area contributed by atoms with Crippen LogP contribution in [0.25, 0.3) is 0 Å². The number of esters is 5. The molecule has 4 unspecified atom stereocenters. The van der Waals surface area contributed by atoms with E-state index in [0.29, 0.717) is 85.3 Å². The van der Waals surface area contributed by atoms with Gasteiger partial charge in [-0.2, -0.15) is 0 Å². The number of hydrogen-bond donors (Lipinski definition) is 4. The second kappa shape index (κ2) is 77.7. The van der Waals surface area contributed by atoms with E-state index in [9.17, 15) is 44.4 Å². The monoisotopic (exact) mass is 1800 g/mol. The molecule has 0 radical (unpaired) electrons. The number of nitrogens with zero attached hydrogens (tertiary/aromatic N) is 5. The number of ether oxygens (including phenoxy) is 9. The maximum absolute atomic E-state index is 10.9. The molecule has 0 fully saturated rings. The molecule has 0 heterocycles. The Morgan fingerprint density at radius 2 is 0.475 bits per heavy atom. The van der Waals surface area contributed by atoms with Crippen molar-refractivity contribution in [2.45, 2.75) is 341 Å². The molecular formula is C91H202N5O20Si4+5. The van der Waals surface area contributed by atoms with Crippen molar-refractivity contribution in [3.63, 3.8) is 0 Å². The number of methoxy groups -OCH3 is 5. The van der Waals surface area contributed by atoms with Crippen molar-refractivity contribution in [2.24, 2.45) is 0 Å². The third kappa shape index (κ3) is 106. The van der Waals surface area contributed by atoms with Crippen LogP contribution in [0.15, 0.2) is 0 Å². The van der Waals surface area contributed by atoms with Gasteiger partial charge in [0.2, 0.25) is 0 Å². The van der Waals surface area contributed by atoms with Crippen molar-refractivity contribution in [2.75, 3.05) is 225 Å².